The van der Waals surface area contributed by atoms with Crippen molar-refractivity contribution >= 4 is 39.5 Å². The molecule has 0 radical (unpaired) electrons. The molecule has 0 aromatic heterocycles. The lowest BCUT2D eigenvalue weighted by molar-refractivity contribution is -0.116. The average molecular weight is 445 g/mol. The number of halogens is 1. The van der Waals surface area contributed by atoms with E-state index >= 15 is 0 Å². The lowest BCUT2D eigenvalue weighted by Gasteiger charge is -2.08. The highest BCUT2D eigenvalue weighted by molar-refractivity contribution is 9.10. The quantitative estimate of drug-likeness (QED) is 0.458. The molecule has 1 aliphatic rings. The maximum atomic E-state index is 12.6. The predicted molar refractivity (Wildman–Crippen MR) is 118 cm³/mol. The van der Waals surface area contributed by atoms with Crippen molar-refractivity contribution < 1.29 is 9.59 Å². The van der Waals surface area contributed by atoms with Gasteiger partial charge < -0.3 is 11.1 Å². The molecule has 0 saturated heterocycles. The highest BCUT2D eigenvalue weighted by Gasteiger charge is 2.30. The summed E-state index contributed by atoms with van der Waals surface area (Å²) in [6.07, 6.45) is 0.676. The Hall–Kier alpha value is -3.44. The van der Waals surface area contributed by atoms with Gasteiger partial charge in [0.05, 0.1) is 22.5 Å². The molecule has 0 bridgehead atoms. The molecular weight excluding hydrogens is 428 g/mol. The molecule has 3 aromatic rings. The number of aldehydes is 1. The Labute approximate surface area is 176 Å². The van der Waals surface area contributed by atoms with Crippen LogP contribution in [0.5, 0.6) is 0 Å². The normalized spacial score (nSPS) is 15.3. The monoisotopic (exact) mass is 444 g/mol. The third kappa shape index (κ3) is 3.65. The molecule has 1 heterocycles. The van der Waals surface area contributed by atoms with E-state index in [-0.39, 0.29) is 22.8 Å². The first-order valence-electron chi connectivity index (χ1n) is 9.01. The largest absolute Gasteiger partial charge is 0.398 e. The fraction of sp³-hybridized carbons (Fsp3) is 0. The first-order chi connectivity index (χ1) is 14.1. The van der Waals surface area contributed by atoms with Gasteiger partial charge in [0.1, 0.15) is 0 Å². The minimum absolute atomic E-state index is 0.199. The van der Waals surface area contributed by atoms with Gasteiger partial charge in [-0.1, -0.05) is 82.7 Å². The van der Waals surface area contributed by atoms with E-state index < -0.39 is 0 Å². The van der Waals surface area contributed by atoms with Gasteiger partial charge in [0.15, 0.2) is 6.29 Å². The van der Waals surface area contributed by atoms with Crippen LogP contribution in [0.3, 0.4) is 0 Å². The van der Waals surface area contributed by atoms with Crippen molar-refractivity contribution in [3.8, 4) is 11.1 Å². The molecule has 0 atom stereocenters. The van der Waals surface area contributed by atoms with E-state index in [0.717, 1.165) is 21.2 Å². The van der Waals surface area contributed by atoms with E-state index in [2.05, 4.69) is 21.2 Å². The van der Waals surface area contributed by atoms with Crippen LogP contribution in [-0.4, -0.2) is 12.2 Å². The van der Waals surface area contributed by atoms with Crippen molar-refractivity contribution in [3.05, 3.63) is 106 Å². The summed E-state index contributed by atoms with van der Waals surface area (Å²) in [5, 5.41) is 2.78. The lowest BCUT2D eigenvalue weighted by Crippen LogP contribution is -2.18. The minimum atomic E-state index is -0.380. The van der Waals surface area contributed by atoms with Crippen LogP contribution in [0.2, 0.25) is 0 Å². The van der Waals surface area contributed by atoms with Gasteiger partial charge >= 0.3 is 0 Å². The Morgan fingerprint density at radius 1 is 0.828 bits per heavy atom. The predicted octanol–water partition coefficient (Wildman–Crippen LogP) is 4.53. The number of nitrogens with one attached hydrogen (secondary N) is 1. The fourth-order valence-corrected chi connectivity index (χ4v) is 3.60. The molecule has 1 amide bonds. The van der Waals surface area contributed by atoms with Crippen LogP contribution in [-0.2, 0) is 9.59 Å². The molecule has 142 valence electrons. The number of nitrogens with two attached hydrogens (primary N) is 1. The highest BCUT2D eigenvalue weighted by Crippen LogP contribution is 2.32. The summed E-state index contributed by atoms with van der Waals surface area (Å²) in [7, 11) is 0. The van der Waals surface area contributed by atoms with E-state index in [1.54, 1.807) is 0 Å². The molecule has 4 nitrogen and oxygen atoms in total. The van der Waals surface area contributed by atoms with E-state index in [4.69, 9.17) is 5.73 Å². The van der Waals surface area contributed by atoms with Crippen LogP contribution in [0.15, 0.2) is 94.5 Å². The Kier molecular flexibility index (Phi) is 5.14. The summed E-state index contributed by atoms with van der Waals surface area (Å²) < 4.78 is 0.910. The Morgan fingerprint density at radius 3 is 2.03 bits per heavy atom. The summed E-state index contributed by atoms with van der Waals surface area (Å²) in [6, 6.07) is 25.0. The summed E-state index contributed by atoms with van der Waals surface area (Å²) >= 11 is 3.38. The fourth-order valence-electron chi connectivity index (χ4n) is 3.34. The number of amides is 1. The number of hydrogen-bond acceptors (Lipinski definition) is 3. The van der Waals surface area contributed by atoms with Gasteiger partial charge in [-0.2, -0.15) is 0 Å². The number of benzene rings is 3. The molecule has 0 unspecified atom stereocenters. The van der Waals surface area contributed by atoms with Crippen molar-refractivity contribution in [3.63, 3.8) is 0 Å². The van der Waals surface area contributed by atoms with Gasteiger partial charge in [-0.05, 0) is 34.4 Å². The van der Waals surface area contributed by atoms with Crippen LogP contribution in [0.1, 0.15) is 11.1 Å². The molecule has 3 aromatic carbocycles. The molecule has 1 aliphatic heterocycles. The first-order valence-corrected chi connectivity index (χ1v) is 9.80. The first kappa shape index (κ1) is 18.9. The zero-order chi connectivity index (χ0) is 20.4. The Morgan fingerprint density at radius 2 is 1.41 bits per heavy atom. The second-order valence-corrected chi connectivity index (χ2v) is 7.52. The summed E-state index contributed by atoms with van der Waals surface area (Å²) in [4.78, 5) is 24.5. The minimum Gasteiger partial charge on any atom is -0.398 e. The van der Waals surface area contributed by atoms with Crippen LogP contribution in [0.4, 0.5) is 0 Å². The van der Waals surface area contributed by atoms with E-state index in [9.17, 15) is 9.59 Å². The molecule has 5 heteroatoms. The molecule has 4 rings (SSSR count). The van der Waals surface area contributed by atoms with Gasteiger partial charge in [-0.3, -0.25) is 9.59 Å². The number of carbonyl (C=O) groups is 2. The molecule has 0 fully saturated rings. The SMILES string of the molecule is N/C(=C1/C(=O)NC(c2ccc(Br)cc2)=C1C=O)c1ccc(-c2ccccc2)cc1. The topological polar surface area (TPSA) is 72.2 Å². The summed E-state index contributed by atoms with van der Waals surface area (Å²) in [5.74, 6) is -0.380. The molecule has 3 N–H and O–H groups in total. The van der Waals surface area contributed by atoms with E-state index in [1.807, 2.05) is 78.9 Å². The number of hydrogen-bond donors (Lipinski definition) is 2. The highest BCUT2D eigenvalue weighted by atomic mass is 79.9. The zero-order valence-electron chi connectivity index (χ0n) is 15.4. The van der Waals surface area contributed by atoms with Gasteiger partial charge in [0, 0.05) is 4.47 Å². The van der Waals surface area contributed by atoms with Crippen LogP contribution in [0.25, 0.3) is 22.5 Å². The van der Waals surface area contributed by atoms with Crippen molar-refractivity contribution in [2.45, 2.75) is 0 Å². The summed E-state index contributed by atoms with van der Waals surface area (Å²) in [6.45, 7) is 0. The smallest absolute Gasteiger partial charge is 0.258 e. The Balaban J connectivity index is 1.75. The molecule has 29 heavy (non-hydrogen) atoms. The molecular formula is C24H17BrN2O2. The third-order valence-corrected chi connectivity index (χ3v) is 5.36. The third-order valence-electron chi connectivity index (χ3n) is 4.83. The maximum Gasteiger partial charge on any atom is 0.258 e. The molecule has 0 saturated carbocycles. The maximum absolute atomic E-state index is 12.6. The van der Waals surface area contributed by atoms with Crippen molar-refractivity contribution in [2.75, 3.05) is 0 Å². The Bertz CT molecular complexity index is 1150. The standard InChI is InChI=1S/C24H17BrN2O2/c25-19-12-10-18(11-13-19)23-20(14-28)21(24(29)27-23)22(26)17-8-6-16(7-9-17)15-4-2-1-3-5-15/h1-14H,26H2,(H,27,29)/b22-21+. The van der Waals surface area contributed by atoms with Crippen molar-refractivity contribution in [2.24, 2.45) is 5.73 Å². The van der Waals surface area contributed by atoms with E-state index in [0.29, 0.717) is 17.5 Å². The lowest BCUT2D eigenvalue weighted by atomic mass is 9.98. The molecule has 0 spiro atoms. The van der Waals surface area contributed by atoms with Crippen molar-refractivity contribution in [1.29, 1.82) is 0 Å². The van der Waals surface area contributed by atoms with Gasteiger partial charge in [0.25, 0.3) is 5.91 Å². The van der Waals surface area contributed by atoms with Crippen LogP contribution < -0.4 is 11.1 Å². The van der Waals surface area contributed by atoms with E-state index in [1.165, 1.54) is 0 Å². The number of carbonyl (C=O) groups excluding carboxylic acids is 2. The van der Waals surface area contributed by atoms with Crippen LogP contribution >= 0.6 is 15.9 Å². The second-order valence-electron chi connectivity index (χ2n) is 6.60. The number of rotatable bonds is 4. The zero-order valence-corrected chi connectivity index (χ0v) is 16.9. The van der Waals surface area contributed by atoms with Gasteiger partial charge in [0.2, 0.25) is 0 Å². The molecule has 0 aliphatic carbocycles. The second kappa shape index (κ2) is 7.89. The van der Waals surface area contributed by atoms with Gasteiger partial charge in [-0.25, -0.2) is 0 Å². The van der Waals surface area contributed by atoms with Crippen molar-refractivity contribution in [1.82, 2.24) is 5.32 Å². The van der Waals surface area contributed by atoms with Gasteiger partial charge in [-0.15, -0.1) is 0 Å². The van der Waals surface area contributed by atoms with Crippen LogP contribution in [0, 0.1) is 0 Å². The summed E-state index contributed by atoms with van der Waals surface area (Å²) in [5.41, 5.74) is 11.1. The average Bonchev–Trinajstić information content (AvgIpc) is 3.10.